The molecule has 1 heterocycles. The minimum absolute atomic E-state index is 0.162. The van der Waals surface area contributed by atoms with Gasteiger partial charge in [-0.2, -0.15) is 15.0 Å². The van der Waals surface area contributed by atoms with E-state index in [4.69, 9.17) is 5.73 Å². The Hall–Kier alpha value is -2.02. The summed E-state index contributed by atoms with van der Waals surface area (Å²) in [5.74, 6) is 0.486. The predicted molar refractivity (Wildman–Crippen MR) is 71.4 cm³/mol. The minimum atomic E-state index is 0.162. The number of unbranched alkanes of at least 4 members (excludes halogenated alkanes) is 1. The second-order valence-corrected chi connectivity index (χ2v) is 2.85. The maximum Gasteiger partial charge on any atom is 0.255 e. The molecule has 17 heavy (non-hydrogen) atoms. The summed E-state index contributed by atoms with van der Waals surface area (Å²) in [5.41, 5.74) is 5.14. The Morgan fingerprint density at radius 3 is 1.41 bits per heavy atom. The Balaban J connectivity index is 0.000000437. The number of nitrogens with two attached hydrogens (primary N) is 1. The van der Waals surface area contributed by atoms with Crippen molar-refractivity contribution < 1.29 is 0 Å². The molecule has 1 aromatic rings. The summed E-state index contributed by atoms with van der Waals surface area (Å²) in [5, 5.41) is 0. The fourth-order valence-electron chi connectivity index (χ4n) is 0.760. The molecule has 0 aliphatic heterocycles. The van der Waals surface area contributed by atoms with Gasteiger partial charge in [0, 0.05) is 0 Å². The molecule has 0 radical (unpaired) electrons. The zero-order valence-corrected chi connectivity index (χ0v) is 10.0. The van der Waals surface area contributed by atoms with Crippen LogP contribution in [0.25, 0.3) is 0 Å². The lowest BCUT2D eigenvalue weighted by Crippen LogP contribution is -1.95. The van der Waals surface area contributed by atoms with Gasteiger partial charge in [-0.25, -0.2) is 15.0 Å². The molecule has 0 spiro atoms. The van der Waals surface area contributed by atoms with Crippen molar-refractivity contribution in [3.8, 4) is 0 Å². The van der Waals surface area contributed by atoms with Gasteiger partial charge < -0.3 is 5.73 Å². The highest BCUT2D eigenvalue weighted by Crippen LogP contribution is 2.13. The first kappa shape index (κ1) is 15.0. The van der Waals surface area contributed by atoms with Crippen LogP contribution in [0.5, 0.6) is 0 Å². The Labute approximate surface area is 101 Å². The van der Waals surface area contributed by atoms with Crippen molar-refractivity contribution >= 4 is 38.0 Å². The molecule has 0 fully saturated rings. The minimum Gasteiger partial charge on any atom is -0.330 e. The van der Waals surface area contributed by atoms with E-state index in [1.165, 1.54) is 12.8 Å². The molecule has 0 unspecified atom stereocenters. The van der Waals surface area contributed by atoms with Gasteiger partial charge in [0.1, 0.15) is 0 Å². The molecular formula is C10H17N7. The number of hydrogen-bond donors (Lipinski definition) is 1. The quantitative estimate of drug-likeness (QED) is 0.783. The van der Waals surface area contributed by atoms with Gasteiger partial charge in [0.2, 0.25) is 0 Å². The molecular weight excluding hydrogens is 218 g/mol. The maximum atomic E-state index is 5.14. The number of rotatable bonds is 5. The van der Waals surface area contributed by atoms with Crippen LogP contribution < -0.4 is 5.73 Å². The highest BCUT2D eigenvalue weighted by molar-refractivity contribution is 5.44. The summed E-state index contributed by atoms with van der Waals surface area (Å²) >= 11 is 0. The molecule has 0 amide bonds. The van der Waals surface area contributed by atoms with Crippen LogP contribution in [0.1, 0.15) is 19.8 Å². The average Bonchev–Trinajstić information content (AvgIpc) is 2.39. The van der Waals surface area contributed by atoms with Gasteiger partial charge in [0.25, 0.3) is 17.8 Å². The average molecular weight is 235 g/mol. The summed E-state index contributed by atoms with van der Waals surface area (Å²) in [6.07, 6.45) is 2.39. The first-order valence-corrected chi connectivity index (χ1v) is 5.08. The first-order valence-electron chi connectivity index (χ1n) is 5.08. The molecule has 92 valence electrons. The second kappa shape index (κ2) is 9.22. The molecule has 0 saturated carbocycles. The summed E-state index contributed by atoms with van der Waals surface area (Å²) in [7, 11) is 0. The smallest absolute Gasteiger partial charge is 0.255 e. The molecule has 7 nitrogen and oxygen atoms in total. The van der Waals surface area contributed by atoms with Gasteiger partial charge >= 0.3 is 0 Å². The fourth-order valence-corrected chi connectivity index (χ4v) is 0.760. The lowest BCUT2D eigenvalue weighted by molar-refractivity contribution is 0.807. The van der Waals surface area contributed by atoms with Crippen LogP contribution in [0, 0.1) is 0 Å². The van der Waals surface area contributed by atoms with Crippen LogP contribution in [0.4, 0.5) is 17.8 Å². The van der Waals surface area contributed by atoms with Crippen molar-refractivity contribution in [1.29, 1.82) is 0 Å². The fraction of sp³-hybridized carbons (Fsp3) is 0.400. The number of hydrogen-bond acceptors (Lipinski definition) is 7. The van der Waals surface area contributed by atoms with Gasteiger partial charge in [0.05, 0.1) is 0 Å². The monoisotopic (exact) mass is 235 g/mol. The van der Waals surface area contributed by atoms with Crippen molar-refractivity contribution in [2.24, 2.45) is 20.7 Å². The van der Waals surface area contributed by atoms with E-state index in [0.717, 1.165) is 6.54 Å². The molecule has 0 aromatic carbocycles. The van der Waals surface area contributed by atoms with E-state index in [1.54, 1.807) is 0 Å². The Morgan fingerprint density at radius 2 is 1.29 bits per heavy atom. The third-order valence-electron chi connectivity index (χ3n) is 1.58. The van der Waals surface area contributed by atoms with Crippen LogP contribution in [0.15, 0.2) is 15.0 Å². The lowest BCUT2D eigenvalue weighted by Gasteiger charge is -1.94. The molecule has 7 heteroatoms. The largest absolute Gasteiger partial charge is 0.330 e. The lowest BCUT2D eigenvalue weighted by atomic mass is 10.3. The maximum absolute atomic E-state index is 5.14. The summed E-state index contributed by atoms with van der Waals surface area (Å²) in [6.45, 7) is 12.7. The van der Waals surface area contributed by atoms with E-state index in [2.05, 4.69) is 57.0 Å². The van der Waals surface area contributed by atoms with Crippen molar-refractivity contribution in [2.75, 3.05) is 6.54 Å². The third kappa shape index (κ3) is 6.21. The zero-order valence-electron chi connectivity index (χ0n) is 10.0. The number of aliphatic imine (C=N–C) groups is 3. The highest BCUT2D eigenvalue weighted by atomic mass is 15.2. The Kier molecular flexibility index (Phi) is 8.13. The summed E-state index contributed by atoms with van der Waals surface area (Å²) < 4.78 is 0. The van der Waals surface area contributed by atoms with E-state index in [9.17, 15) is 0 Å². The normalized spacial score (nSPS) is 8.82. The molecule has 1 aromatic heterocycles. The van der Waals surface area contributed by atoms with E-state index in [-0.39, 0.29) is 17.8 Å². The molecule has 0 aliphatic rings. The van der Waals surface area contributed by atoms with Gasteiger partial charge in [-0.15, -0.1) is 0 Å². The third-order valence-corrected chi connectivity index (χ3v) is 1.58. The van der Waals surface area contributed by atoms with Gasteiger partial charge in [-0.3, -0.25) is 0 Å². The molecule has 0 aliphatic carbocycles. The van der Waals surface area contributed by atoms with E-state index in [1.807, 2.05) is 0 Å². The molecule has 0 atom stereocenters. The molecule has 0 saturated heterocycles. The predicted octanol–water partition coefficient (Wildman–Crippen LogP) is 1.61. The van der Waals surface area contributed by atoms with E-state index < -0.39 is 0 Å². The Bertz CT molecular complexity index is 308. The van der Waals surface area contributed by atoms with Crippen molar-refractivity contribution in [3.63, 3.8) is 0 Å². The Morgan fingerprint density at radius 1 is 0.941 bits per heavy atom. The molecule has 1 rings (SSSR count). The zero-order chi connectivity index (χ0) is 13.1. The standard InChI is InChI=1S/C6H6N6.C4H11N/c1-7-4-10-5(8-2)12-6(9-3)11-4;1-2-3-4-5/h1-3H2;2-5H2,1H3. The second-order valence-electron chi connectivity index (χ2n) is 2.85. The summed E-state index contributed by atoms with van der Waals surface area (Å²) in [4.78, 5) is 21.8. The molecule has 2 N–H and O–H groups in total. The van der Waals surface area contributed by atoms with Crippen molar-refractivity contribution in [1.82, 2.24) is 15.0 Å². The SMILES string of the molecule is C=Nc1nc(N=C)nc(N=C)n1.CCCCN. The topological polar surface area (TPSA) is 102 Å². The van der Waals surface area contributed by atoms with Gasteiger partial charge in [-0.1, -0.05) is 13.3 Å². The van der Waals surface area contributed by atoms with E-state index in [0.29, 0.717) is 0 Å². The number of aromatic nitrogens is 3. The summed E-state index contributed by atoms with van der Waals surface area (Å²) in [6, 6.07) is 0. The van der Waals surface area contributed by atoms with Crippen molar-refractivity contribution in [2.45, 2.75) is 19.8 Å². The highest BCUT2D eigenvalue weighted by Gasteiger charge is 2.00. The van der Waals surface area contributed by atoms with Crippen LogP contribution in [-0.2, 0) is 0 Å². The van der Waals surface area contributed by atoms with Crippen molar-refractivity contribution in [3.05, 3.63) is 0 Å². The van der Waals surface area contributed by atoms with Crippen LogP contribution in [-0.4, -0.2) is 41.6 Å². The van der Waals surface area contributed by atoms with Gasteiger partial charge in [0.15, 0.2) is 0 Å². The van der Waals surface area contributed by atoms with Crippen LogP contribution in [0.2, 0.25) is 0 Å². The van der Waals surface area contributed by atoms with Crippen LogP contribution >= 0.6 is 0 Å². The molecule has 0 bridgehead atoms. The van der Waals surface area contributed by atoms with Crippen LogP contribution in [0.3, 0.4) is 0 Å². The van der Waals surface area contributed by atoms with Gasteiger partial charge in [-0.05, 0) is 33.1 Å². The number of nitrogens with zero attached hydrogens (tertiary/aromatic N) is 6. The van der Waals surface area contributed by atoms with E-state index >= 15 is 0 Å². The first-order chi connectivity index (χ1) is 8.21.